The molecule has 0 aliphatic carbocycles. The van der Waals surface area contributed by atoms with Crippen LogP contribution in [0.1, 0.15) is 17.0 Å². The van der Waals surface area contributed by atoms with Gasteiger partial charge >= 0.3 is 0 Å². The van der Waals surface area contributed by atoms with Crippen LogP contribution in [0, 0.1) is 5.92 Å². The van der Waals surface area contributed by atoms with Gasteiger partial charge in [-0.3, -0.25) is 0 Å². The maximum Gasteiger partial charge on any atom is 0.168 e. The van der Waals surface area contributed by atoms with Crippen LogP contribution in [0.5, 0.6) is 28.7 Å². The number of hydrogen-bond acceptors (Lipinski definition) is 7. The molecule has 0 amide bonds. The molecule has 0 fully saturated rings. The molecule has 2 unspecified atom stereocenters. The molecule has 3 aromatic carbocycles. The summed E-state index contributed by atoms with van der Waals surface area (Å²) >= 11 is 0. The van der Waals surface area contributed by atoms with Crippen LogP contribution >= 0.6 is 0 Å². The third kappa shape index (κ3) is 4.84. The smallest absolute Gasteiger partial charge is 0.168 e. The zero-order valence-electron chi connectivity index (χ0n) is 17.1. The Bertz CT molecular complexity index is 1010. The van der Waals surface area contributed by atoms with Crippen LogP contribution in [0.4, 0.5) is 0 Å². The normalized spacial score (nSPS) is 13.0. The zero-order chi connectivity index (χ0) is 22.5. The van der Waals surface area contributed by atoms with Crippen LogP contribution in [0.2, 0.25) is 0 Å². The van der Waals surface area contributed by atoms with E-state index in [9.17, 15) is 30.6 Å². The van der Waals surface area contributed by atoms with Gasteiger partial charge in [0.15, 0.2) is 11.5 Å². The molecule has 0 saturated heterocycles. The number of aliphatic hydroxyl groups is 2. The molecule has 31 heavy (non-hydrogen) atoms. The van der Waals surface area contributed by atoms with E-state index < -0.39 is 11.8 Å². The Balaban J connectivity index is 2.06. The van der Waals surface area contributed by atoms with Crippen molar-refractivity contribution in [2.24, 2.45) is 5.92 Å². The van der Waals surface area contributed by atoms with Crippen molar-refractivity contribution in [3.63, 3.8) is 0 Å². The van der Waals surface area contributed by atoms with E-state index in [4.69, 9.17) is 4.74 Å². The Morgan fingerprint density at radius 1 is 0.774 bits per heavy atom. The number of methoxy groups -OCH3 is 1. The zero-order valence-corrected chi connectivity index (χ0v) is 17.1. The van der Waals surface area contributed by atoms with Crippen LogP contribution < -0.4 is 4.74 Å². The van der Waals surface area contributed by atoms with Gasteiger partial charge in [-0.1, -0.05) is 18.2 Å². The molecule has 0 bridgehead atoms. The van der Waals surface area contributed by atoms with Crippen molar-refractivity contribution in [1.82, 2.24) is 0 Å². The minimum atomic E-state index is -0.560. The third-order valence-corrected chi connectivity index (χ3v) is 5.42. The van der Waals surface area contributed by atoms with Crippen molar-refractivity contribution in [3.05, 3.63) is 65.7 Å². The van der Waals surface area contributed by atoms with Crippen LogP contribution in [0.25, 0.3) is 11.1 Å². The maximum absolute atomic E-state index is 10.3. The van der Waals surface area contributed by atoms with Crippen LogP contribution in [0.3, 0.4) is 0 Å². The highest BCUT2D eigenvalue weighted by Crippen LogP contribution is 2.42. The minimum absolute atomic E-state index is 0.0496. The summed E-state index contributed by atoms with van der Waals surface area (Å²) in [6, 6.07) is 13.7. The van der Waals surface area contributed by atoms with E-state index in [-0.39, 0.29) is 42.0 Å². The Kier molecular flexibility index (Phi) is 6.89. The van der Waals surface area contributed by atoms with Gasteiger partial charge in [0.05, 0.1) is 13.7 Å². The van der Waals surface area contributed by atoms with Crippen LogP contribution in [-0.4, -0.2) is 51.0 Å². The van der Waals surface area contributed by atoms with Gasteiger partial charge < -0.3 is 35.4 Å². The topological polar surface area (TPSA) is 131 Å². The van der Waals surface area contributed by atoms with Gasteiger partial charge in [-0.25, -0.2) is 0 Å². The van der Waals surface area contributed by atoms with Crippen molar-refractivity contribution in [2.45, 2.75) is 12.3 Å². The van der Waals surface area contributed by atoms with E-state index in [1.54, 1.807) is 18.2 Å². The van der Waals surface area contributed by atoms with Crippen molar-refractivity contribution >= 4 is 0 Å². The SMILES string of the molecule is COc1c(O)ccc(CC(CO)C(CO)c2cc(O)cc(O)c2)c1-c1ccc(O)cc1. The Morgan fingerprint density at radius 2 is 1.42 bits per heavy atom. The molecule has 3 aromatic rings. The second-order valence-electron chi connectivity index (χ2n) is 7.42. The van der Waals surface area contributed by atoms with E-state index in [1.165, 1.54) is 43.5 Å². The van der Waals surface area contributed by atoms with Gasteiger partial charge in [0.1, 0.15) is 17.2 Å². The van der Waals surface area contributed by atoms with Gasteiger partial charge in [0, 0.05) is 24.2 Å². The molecule has 0 radical (unpaired) electrons. The highest BCUT2D eigenvalue weighted by molar-refractivity contribution is 5.77. The number of aliphatic hydroxyl groups excluding tert-OH is 2. The average molecular weight is 426 g/mol. The highest BCUT2D eigenvalue weighted by Gasteiger charge is 2.26. The monoisotopic (exact) mass is 426 g/mol. The van der Waals surface area contributed by atoms with Gasteiger partial charge in [-0.15, -0.1) is 0 Å². The first kappa shape index (κ1) is 22.3. The van der Waals surface area contributed by atoms with Crippen molar-refractivity contribution in [1.29, 1.82) is 0 Å². The fourth-order valence-corrected chi connectivity index (χ4v) is 3.91. The summed E-state index contributed by atoms with van der Waals surface area (Å²) in [6.45, 7) is -0.572. The average Bonchev–Trinajstić information content (AvgIpc) is 2.74. The summed E-state index contributed by atoms with van der Waals surface area (Å²) in [5.41, 5.74) is 2.56. The molecule has 0 aliphatic rings. The lowest BCUT2D eigenvalue weighted by atomic mass is 9.81. The number of hydrogen-bond donors (Lipinski definition) is 6. The fraction of sp³-hybridized carbons (Fsp3) is 0.250. The van der Waals surface area contributed by atoms with E-state index in [0.29, 0.717) is 23.1 Å². The predicted molar refractivity (Wildman–Crippen MR) is 116 cm³/mol. The molecule has 164 valence electrons. The summed E-state index contributed by atoms with van der Waals surface area (Å²) in [6.07, 6.45) is 0.311. The Labute approximate surface area is 180 Å². The van der Waals surface area contributed by atoms with E-state index in [1.807, 2.05) is 0 Å². The van der Waals surface area contributed by atoms with Gasteiger partial charge in [0.25, 0.3) is 0 Å². The molecule has 0 heterocycles. The summed E-state index contributed by atoms with van der Waals surface area (Å²) in [7, 11) is 1.44. The number of aromatic hydroxyl groups is 4. The summed E-state index contributed by atoms with van der Waals surface area (Å²) < 4.78 is 5.43. The molecule has 0 spiro atoms. The lowest BCUT2D eigenvalue weighted by Gasteiger charge is -2.26. The highest BCUT2D eigenvalue weighted by atomic mass is 16.5. The molecular weight excluding hydrogens is 400 g/mol. The lowest BCUT2D eigenvalue weighted by Crippen LogP contribution is -2.23. The van der Waals surface area contributed by atoms with Crippen LogP contribution in [0.15, 0.2) is 54.6 Å². The first-order valence-corrected chi connectivity index (χ1v) is 9.80. The summed E-state index contributed by atoms with van der Waals surface area (Å²) in [5, 5.41) is 59.7. The summed E-state index contributed by atoms with van der Waals surface area (Å²) in [4.78, 5) is 0. The van der Waals surface area contributed by atoms with E-state index in [2.05, 4.69) is 0 Å². The fourth-order valence-electron chi connectivity index (χ4n) is 3.91. The summed E-state index contributed by atoms with van der Waals surface area (Å²) in [5.74, 6) is -0.988. The molecule has 7 nitrogen and oxygen atoms in total. The predicted octanol–water partition coefficient (Wildman–Crippen LogP) is 3.11. The Hall–Kier alpha value is -3.42. The number of benzene rings is 3. The van der Waals surface area contributed by atoms with Gasteiger partial charge in [0.2, 0.25) is 0 Å². The largest absolute Gasteiger partial charge is 0.508 e. The van der Waals surface area contributed by atoms with E-state index >= 15 is 0 Å². The van der Waals surface area contributed by atoms with Crippen molar-refractivity contribution in [3.8, 4) is 39.9 Å². The third-order valence-electron chi connectivity index (χ3n) is 5.42. The molecule has 3 rings (SSSR count). The molecule has 6 N–H and O–H groups in total. The quantitative estimate of drug-likeness (QED) is 0.326. The minimum Gasteiger partial charge on any atom is -0.508 e. The molecule has 0 saturated carbocycles. The van der Waals surface area contributed by atoms with E-state index in [0.717, 1.165) is 5.56 Å². The first-order chi connectivity index (χ1) is 14.9. The first-order valence-electron chi connectivity index (χ1n) is 9.80. The molecular formula is C24H26O7. The van der Waals surface area contributed by atoms with Crippen LogP contribution in [-0.2, 0) is 6.42 Å². The second-order valence-corrected chi connectivity index (χ2v) is 7.42. The second kappa shape index (κ2) is 9.59. The maximum atomic E-state index is 10.3. The molecule has 0 aliphatic heterocycles. The number of rotatable bonds is 8. The number of ether oxygens (including phenoxy) is 1. The number of phenolic OH excluding ortho intramolecular Hbond substituents is 4. The molecule has 7 heteroatoms. The molecule has 2 atom stereocenters. The standard InChI is InChI=1S/C24H26O7/c1-31-24-22(30)7-4-15(23(24)14-2-5-18(27)6-3-14)8-17(12-25)21(13-26)16-9-19(28)11-20(29)10-16/h2-7,9-11,17,21,25-30H,8,12-13H2,1H3. The number of phenols is 4. The Morgan fingerprint density at radius 3 is 1.97 bits per heavy atom. The van der Waals surface area contributed by atoms with Gasteiger partial charge in [-0.2, -0.15) is 0 Å². The van der Waals surface area contributed by atoms with Crippen molar-refractivity contribution < 1.29 is 35.4 Å². The molecule has 0 aromatic heterocycles. The van der Waals surface area contributed by atoms with Gasteiger partial charge in [-0.05, 0) is 59.4 Å². The van der Waals surface area contributed by atoms with Crippen molar-refractivity contribution in [2.75, 3.05) is 20.3 Å². The lowest BCUT2D eigenvalue weighted by molar-refractivity contribution is 0.158.